The first-order valence-electron chi connectivity index (χ1n) is 24.1. The van der Waals surface area contributed by atoms with Gasteiger partial charge in [-0.1, -0.05) is 84.6 Å². The second-order valence-electron chi connectivity index (χ2n) is 18.1. The van der Waals surface area contributed by atoms with Crippen LogP contribution in [0.1, 0.15) is 51.6 Å². The van der Waals surface area contributed by atoms with Crippen LogP contribution in [0, 0.1) is 27.9 Å². The molecule has 20 heteroatoms. The summed E-state index contributed by atoms with van der Waals surface area (Å²) in [7, 11) is 0. The van der Waals surface area contributed by atoms with E-state index in [1.165, 1.54) is 30.3 Å². The van der Waals surface area contributed by atoms with Gasteiger partial charge in [-0.3, -0.25) is 29.4 Å². The van der Waals surface area contributed by atoms with Crippen LogP contribution in [0.15, 0.2) is 146 Å². The number of morpholine rings is 1. The molecule has 0 aliphatic carbocycles. The number of nitrogens with two attached hydrogens (primary N) is 1. The fourth-order valence-electron chi connectivity index (χ4n) is 10.8. The molecule has 20 nitrogen and oxygen atoms in total. The number of primary amides is 1. The largest absolute Gasteiger partial charge is 0.491 e. The summed E-state index contributed by atoms with van der Waals surface area (Å²) in [4.78, 5) is 101. The molecule has 3 saturated heterocycles. The Labute approximate surface area is 429 Å². The van der Waals surface area contributed by atoms with Gasteiger partial charge in [0.1, 0.15) is 36.5 Å². The van der Waals surface area contributed by atoms with Gasteiger partial charge in [0.2, 0.25) is 17.8 Å². The lowest BCUT2D eigenvalue weighted by molar-refractivity contribution is -0.384. The number of nitrogens with zero attached hydrogens (tertiary/aromatic N) is 7. The summed E-state index contributed by atoms with van der Waals surface area (Å²) >= 11 is 0. The molecule has 4 N–H and O–H groups in total. The number of non-ortho nitro benzene ring substituents is 1. The summed E-state index contributed by atoms with van der Waals surface area (Å²) in [5, 5.41) is 23.5. The number of imide groups is 1. The van der Waals surface area contributed by atoms with Gasteiger partial charge in [0.05, 0.1) is 41.8 Å². The second-order valence-corrected chi connectivity index (χ2v) is 18.1. The highest BCUT2D eigenvalue weighted by molar-refractivity contribution is 6.23. The van der Waals surface area contributed by atoms with Crippen molar-refractivity contribution in [2.75, 3.05) is 55.7 Å². The summed E-state index contributed by atoms with van der Waals surface area (Å²) < 4.78 is 18.3. The number of amides is 5. The molecule has 1 aromatic heterocycles. The Hall–Kier alpha value is -9.19. The lowest BCUT2D eigenvalue weighted by Crippen LogP contribution is -2.59. The van der Waals surface area contributed by atoms with E-state index in [1.807, 2.05) is 70.5 Å². The number of ether oxygens (including phenoxy) is 3. The van der Waals surface area contributed by atoms with Crippen molar-refractivity contribution in [2.45, 2.75) is 36.3 Å². The first-order valence-corrected chi connectivity index (χ1v) is 24.1. The Morgan fingerprint density at radius 1 is 0.840 bits per heavy atom. The van der Waals surface area contributed by atoms with Gasteiger partial charge in [-0.2, -0.15) is 0 Å². The Morgan fingerprint density at radius 2 is 1.52 bits per heavy atom. The number of hydrogen-bond acceptors (Lipinski definition) is 15. The van der Waals surface area contributed by atoms with Crippen LogP contribution in [0.25, 0.3) is 0 Å². The third-order valence-electron chi connectivity index (χ3n) is 14.0. The van der Waals surface area contributed by atoms with Crippen molar-refractivity contribution in [3.8, 4) is 17.6 Å². The number of urea groups is 1. The lowest BCUT2D eigenvalue weighted by Gasteiger charge is -2.46. The highest BCUT2D eigenvalue weighted by Crippen LogP contribution is 2.66. The topological polar surface area (TPSA) is 253 Å². The van der Waals surface area contributed by atoms with E-state index in [0.29, 0.717) is 52.6 Å². The minimum Gasteiger partial charge on any atom is -0.491 e. The number of rotatable bonds is 12. The average molecular weight is 1010 g/mol. The van der Waals surface area contributed by atoms with E-state index in [0.717, 1.165) is 4.90 Å². The maximum absolute atomic E-state index is 16.7. The number of cyclic esters (lactones) is 1. The molecular weight excluding hydrogens is 963 g/mol. The number of esters is 1. The average Bonchev–Trinajstić information content (AvgIpc) is 3.98. The van der Waals surface area contributed by atoms with Crippen molar-refractivity contribution in [1.29, 1.82) is 0 Å². The third kappa shape index (κ3) is 9.30. The third-order valence-corrected chi connectivity index (χ3v) is 14.0. The Kier molecular flexibility index (Phi) is 13.9. The molecule has 1 spiro atoms. The summed E-state index contributed by atoms with van der Waals surface area (Å²) in [6, 6.07) is 32.8. The number of nitro benzene ring substituents is 1. The number of hydrogen-bond donors (Lipinski definition) is 3. The van der Waals surface area contributed by atoms with Crippen LogP contribution < -0.4 is 25.6 Å². The number of fused-ring (bicyclic) bond motifs is 3. The van der Waals surface area contributed by atoms with Crippen LogP contribution in [0.3, 0.4) is 0 Å². The molecule has 75 heavy (non-hydrogen) atoms. The fraction of sp³-hybridized carbons (Fsp3) is 0.255. The smallest absolute Gasteiger partial charge is 0.421 e. The number of aliphatic hydroxyl groups excluding tert-OH is 1. The molecule has 4 aliphatic rings. The standard InChI is InChI=1S/C55H49N9O11/c56-52(69)57-24-7-9-35-16-23-43-42(33-35)55(51(68)62(43)54(70)74-34-36-14-19-40(20-15-36)64(71)72)44(49(66)60-27-29-61(30-28-60)53-58-25-8-26-59-53)46-50(67)75-47(38-12-5-2-6-13-38)45(37-10-3-1-4-11-37)63(46)48(55)39-17-21-41(22-18-39)73-32-31-65/h1-6,8,10-23,25-26,33,44-48,65H,24,27-32,34H2,(H3,56,57,69)/t44-,45-,46-,47+,48+,55-/m0/s1. The fourth-order valence-corrected chi connectivity index (χ4v) is 10.8. The van der Waals surface area contributed by atoms with Gasteiger partial charge in [-0.25, -0.2) is 24.5 Å². The number of aliphatic hydroxyl groups is 1. The number of carbonyl (C=O) groups excluding carboxylic acids is 5. The molecule has 10 rings (SSSR count). The van der Waals surface area contributed by atoms with E-state index in [9.17, 15) is 24.8 Å². The zero-order valence-corrected chi connectivity index (χ0v) is 40.1. The van der Waals surface area contributed by atoms with Crippen molar-refractivity contribution >= 4 is 47.2 Å². The first kappa shape index (κ1) is 49.4. The minimum atomic E-state index is -2.16. The summed E-state index contributed by atoms with van der Waals surface area (Å²) in [6.45, 7) is 0.0973. The SMILES string of the molecule is NC(=O)NCC#Cc1ccc2c(c1)[C@]1(C(=O)N2C(=O)OCc2ccc([N+](=O)[O-])cc2)[C@H](C(=O)N2CCN(c3ncccn3)CC2)[C@H]2C(=O)O[C@H](c3ccccc3)[C@H](c3ccccc3)N2[C@@H]1c1ccc(OCCO)cc1. The van der Waals surface area contributed by atoms with Crippen molar-refractivity contribution in [3.63, 3.8) is 0 Å². The van der Waals surface area contributed by atoms with E-state index >= 15 is 14.4 Å². The quantitative estimate of drug-likeness (QED) is 0.0622. The molecule has 0 radical (unpaired) electrons. The molecule has 380 valence electrons. The number of piperazine rings is 1. The molecular formula is C55H49N9O11. The van der Waals surface area contributed by atoms with Gasteiger partial charge >= 0.3 is 18.1 Å². The van der Waals surface area contributed by atoms with Crippen molar-refractivity contribution < 1.29 is 48.2 Å². The van der Waals surface area contributed by atoms with Crippen LogP contribution in [-0.2, 0) is 35.9 Å². The van der Waals surface area contributed by atoms with Gasteiger partial charge in [-0.05, 0) is 76.3 Å². The highest BCUT2D eigenvalue weighted by Gasteiger charge is 2.76. The summed E-state index contributed by atoms with van der Waals surface area (Å²) in [5.41, 5.74) is 5.76. The monoisotopic (exact) mass is 1010 g/mol. The summed E-state index contributed by atoms with van der Waals surface area (Å²) in [6.07, 6.45) is 1.15. The van der Waals surface area contributed by atoms with Crippen LogP contribution in [0.5, 0.6) is 5.75 Å². The number of benzene rings is 5. The number of anilines is 2. The van der Waals surface area contributed by atoms with Gasteiger partial charge in [0.25, 0.3) is 5.69 Å². The molecule has 0 unspecified atom stereocenters. The number of carbonyl (C=O) groups is 5. The zero-order chi connectivity index (χ0) is 52.2. The van der Waals surface area contributed by atoms with Gasteiger partial charge in [0, 0.05) is 56.3 Å². The predicted octanol–water partition coefficient (Wildman–Crippen LogP) is 5.13. The van der Waals surface area contributed by atoms with Gasteiger partial charge in [0.15, 0.2) is 0 Å². The maximum atomic E-state index is 16.7. The summed E-state index contributed by atoms with van der Waals surface area (Å²) in [5.74, 6) is 2.95. The first-order chi connectivity index (χ1) is 36.5. The lowest BCUT2D eigenvalue weighted by atomic mass is 9.65. The van der Waals surface area contributed by atoms with Crippen molar-refractivity contribution in [1.82, 2.24) is 25.1 Å². The number of nitrogens with one attached hydrogen (secondary N) is 1. The van der Waals surface area contributed by atoms with Gasteiger partial charge in [-0.15, -0.1) is 0 Å². The van der Waals surface area contributed by atoms with E-state index in [4.69, 9.17) is 19.9 Å². The minimum absolute atomic E-state index is 0.0105. The van der Waals surface area contributed by atoms with E-state index in [2.05, 4.69) is 27.1 Å². The van der Waals surface area contributed by atoms with Gasteiger partial charge < -0.3 is 40.2 Å². The molecule has 6 aromatic rings. The zero-order valence-electron chi connectivity index (χ0n) is 40.1. The Bertz CT molecular complexity index is 3190. The molecule has 0 saturated carbocycles. The van der Waals surface area contributed by atoms with Crippen LogP contribution in [0.4, 0.5) is 26.9 Å². The van der Waals surface area contributed by atoms with Crippen LogP contribution in [0.2, 0.25) is 0 Å². The van der Waals surface area contributed by atoms with E-state index in [1.54, 1.807) is 59.8 Å². The number of aromatic nitrogens is 2. The maximum Gasteiger partial charge on any atom is 0.421 e. The normalized spacial score (nSPS) is 21.8. The molecule has 5 amide bonds. The molecule has 5 heterocycles. The second kappa shape index (κ2) is 21.1. The van der Waals surface area contributed by atoms with E-state index < -0.39 is 77.0 Å². The van der Waals surface area contributed by atoms with E-state index in [-0.39, 0.29) is 49.8 Å². The molecule has 5 aromatic carbocycles. The molecule has 0 bridgehead atoms. The Balaban J connectivity index is 1.21. The van der Waals surface area contributed by atoms with Crippen molar-refractivity contribution in [3.05, 3.63) is 189 Å². The molecule has 3 fully saturated rings. The molecule has 4 aliphatic heterocycles. The van der Waals surface area contributed by atoms with Crippen molar-refractivity contribution in [2.24, 2.45) is 11.7 Å². The predicted molar refractivity (Wildman–Crippen MR) is 270 cm³/mol. The Morgan fingerprint density at radius 3 is 2.17 bits per heavy atom. The highest BCUT2D eigenvalue weighted by atomic mass is 16.6. The van der Waals surface area contributed by atoms with Crippen LogP contribution >= 0.6 is 0 Å². The van der Waals surface area contributed by atoms with Crippen LogP contribution in [-0.4, -0.2) is 112 Å². The molecule has 6 atom stereocenters. The number of nitro groups is 1.